The second-order valence-corrected chi connectivity index (χ2v) is 10.2. The molecule has 6 nitrogen and oxygen atoms in total. The van der Waals surface area contributed by atoms with Crippen molar-refractivity contribution < 1.29 is 18.0 Å². The number of carbonyl (C=O) groups excluding carboxylic acids is 2. The highest BCUT2D eigenvalue weighted by Crippen LogP contribution is 2.21. The van der Waals surface area contributed by atoms with Crippen LogP contribution in [0.1, 0.15) is 53.2 Å². The van der Waals surface area contributed by atoms with Crippen molar-refractivity contribution in [2.24, 2.45) is 5.92 Å². The minimum atomic E-state index is -3.29. The molecular formula is C25H26N2O4S. The minimum absolute atomic E-state index is 0.0608. The number of sulfone groups is 1. The second kappa shape index (κ2) is 9.96. The molecule has 3 aromatic rings. The number of rotatable bonds is 9. The number of benzene rings is 1. The van der Waals surface area contributed by atoms with Crippen LogP contribution < -0.4 is 0 Å². The molecule has 0 aliphatic carbocycles. The fraction of sp³-hybridized carbons (Fsp3) is 0.280. The molecule has 0 atom stereocenters. The van der Waals surface area contributed by atoms with E-state index in [4.69, 9.17) is 0 Å². The van der Waals surface area contributed by atoms with Crippen molar-refractivity contribution in [2.75, 3.05) is 6.26 Å². The Bertz CT molecular complexity index is 1230. The summed E-state index contributed by atoms with van der Waals surface area (Å²) in [6.45, 7) is 3.93. The molecule has 7 heteroatoms. The van der Waals surface area contributed by atoms with E-state index < -0.39 is 9.84 Å². The lowest BCUT2D eigenvalue weighted by Crippen LogP contribution is -2.10. The van der Waals surface area contributed by atoms with Gasteiger partial charge in [-0.15, -0.1) is 0 Å². The predicted octanol–water partition coefficient (Wildman–Crippen LogP) is 4.59. The maximum absolute atomic E-state index is 12.6. The van der Waals surface area contributed by atoms with E-state index in [1.807, 2.05) is 26.0 Å². The maximum atomic E-state index is 12.6. The summed E-state index contributed by atoms with van der Waals surface area (Å²) in [6, 6.07) is 15.3. The summed E-state index contributed by atoms with van der Waals surface area (Å²) >= 11 is 0. The van der Waals surface area contributed by atoms with Gasteiger partial charge in [0.05, 0.1) is 10.6 Å². The van der Waals surface area contributed by atoms with Crippen LogP contribution in [0.25, 0.3) is 11.3 Å². The zero-order valence-electron chi connectivity index (χ0n) is 18.4. The minimum Gasteiger partial charge on any atom is -0.292 e. The molecule has 2 heterocycles. The van der Waals surface area contributed by atoms with Crippen molar-refractivity contribution in [2.45, 2.75) is 38.0 Å². The predicted molar refractivity (Wildman–Crippen MR) is 123 cm³/mol. The van der Waals surface area contributed by atoms with Crippen LogP contribution in [-0.2, 0) is 16.3 Å². The van der Waals surface area contributed by atoms with E-state index in [1.54, 1.807) is 48.7 Å². The fourth-order valence-electron chi connectivity index (χ4n) is 3.24. The number of ketones is 2. The molecule has 0 aliphatic heterocycles. The first-order valence-electron chi connectivity index (χ1n) is 10.4. The third-order valence-corrected chi connectivity index (χ3v) is 6.05. The highest BCUT2D eigenvalue weighted by atomic mass is 32.2. The molecule has 0 bridgehead atoms. The molecule has 166 valence electrons. The van der Waals surface area contributed by atoms with Gasteiger partial charge in [0, 0.05) is 30.9 Å². The fourth-order valence-corrected chi connectivity index (χ4v) is 3.90. The SMILES string of the molecule is CC(C)CC(=O)c1cccc(C(=O)CCc2ccc(-c3cccc(S(C)(=O)=O)c3)nc2)n1. The Labute approximate surface area is 188 Å². The van der Waals surface area contributed by atoms with Crippen molar-refractivity contribution >= 4 is 21.4 Å². The Balaban J connectivity index is 1.66. The number of hydrogen-bond donors (Lipinski definition) is 0. The average molecular weight is 451 g/mol. The molecule has 0 saturated carbocycles. The first-order chi connectivity index (χ1) is 15.1. The summed E-state index contributed by atoms with van der Waals surface area (Å²) in [5, 5.41) is 0. The third kappa shape index (κ3) is 6.17. The molecule has 0 N–H and O–H groups in total. The Morgan fingerprint density at radius 3 is 2.25 bits per heavy atom. The summed E-state index contributed by atoms with van der Waals surface area (Å²) in [5.41, 5.74) is 2.87. The number of carbonyl (C=O) groups is 2. The first kappa shape index (κ1) is 23.5. The molecule has 2 aromatic heterocycles. The highest BCUT2D eigenvalue weighted by molar-refractivity contribution is 7.90. The lowest BCUT2D eigenvalue weighted by molar-refractivity contribution is 0.0962. The Morgan fingerprint density at radius 2 is 1.62 bits per heavy atom. The molecule has 0 fully saturated rings. The van der Waals surface area contributed by atoms with Crippen molar-refractivity contribution in [3.8, 4) is 11.3 Å². The molecular weight excluding hydrogens is 424 g/mol. The molecule has 3 rings (SSSR count). The highest BCUT2D eigenvalue weighted by Gasteiger charge is 2.14. The van der Waals surface area contributed by atoms with E-state index in [0.29, 0.717) is 35.5 Å². The van der Waals surface area contributed by atoms with Gasteiger partial charge in [0.15, 0.2) is 21.4 Å². The summed E-state index contributed by atoms with van der Waals surface area (Å²) in [6.07, 6.45) is 3.99. The van der Waals surface area contributed by atoms with Crippen molar-refractivity contribution in [3.63, 3.8) is 0 Å². The maximum Gasteiger partial charge on any atom is 0.181 e. The van der Waals surface area contributed by atoms with E-state index in [-0.39, 0.29) is 28.8 Å². The van der Waals surface area contributed by atoms with E-state index >= 15 is 0 Å². The second-order valence-electron chi connectivity index (χ2n) is 8.20. The van der Waals surface area contributed by atoms with Crippen LogP contribution in [0.4, 0.5) is 0 Å². The van der Waals surface area contributed by atoms with E-state index in [0.717, 1.165) is 5.56 Å². The van der Waals surface area contributed by atoms with Gasteiger partial charge in [-0.1, -0.05) is 38.1 Å². The van der Waals surface area contributed by atoms with Gasteiger partial charge in [-0.05, 0) is 48.2 Å². The van der Waals surface area contributed by atoms with Crippen LogP contribution in [0, 0.1) is 5.92 Å². The molecule has 32 heavy (non-hydrogen) atoms. The van der Waals surface area contributed by atoms with Gasteiger partial charge >= 0.3 is 0 Å². The zero-order valence-corrected chi connectivity index (χ0v) is 19.2. The third-order valence-electron chi connectivity index (χ3n) is 4.94. The lowest BCUT2D eigenvalue weighted by atomic mass is 10.0. The summed E-state index contributed by atoms with van der Waals surface area (Å²) in [4.78, 5) is 33.7. The van der Waals surface area contributed by atoms with Gasteiger partial charge in [0.2, 0.25) is 0 Å². The number of aryl methyl sites for hydroxylation is 1. The van der Waals surface area contributed by atoms with Crippen LogP contribution in [-0.4, -0.2) is 36.2 Å². The number of Topliss-reactive ketones (excluding diaryl/α,β-unsaturated/α-hetero) is 2. The van der Waals surface area contributed by atoms with Crippen LogP contribution in [0.2, 0.25) is 0 Å². The summed E-state index contributed by atoms with van der Waals surface area (Å²) in [5.74, 6) is 0.0384. The largest absolute Gasteiger partial charge is 0.292 e. The van der Waals surface area contributed by atoms with E-state index in [9.17, 15) is 18.0 Å². The topological polar surface area (TPSA) is 94.1 Å². The molecule has 0 unspecified atom stereocenters. The van der Waals surface area contributed by atoms with E-state index in [1.165, 1.54) is 6.26 Å². The Hall–Kier alpha value is -3.19. The van der Waals surface area contributed by atoms with Gasteiger partial charge < -0.3 is 0 Å². The van der Waals surface area contributed by atoms with Gasteiger partial charge in [-0.3, -0.25) is 14.6 Å². The van der Waals surface area contributed by atoms with Gasteiger partial charge in [-0.25, -0.2) is 13.4 Å². The van der Waals surface area contributed by atoms with Crippen molar-refractivity contribution in [1.29, 1.82) is 0 Å². The molecule has 0 saturated heterocycles. The first-order valence-corrected chi connectivity index (χ1v) is 12.3. The van der Waals surface area contributed by atoms with E-state index in [2.05, 4.69) is 9.97 Å². The molecule has 0 aliphatic rings. The van der Waals surface area contributed by atoms with Gasteiger partial charge in [0.25, 0.3) is 0 Å². The molecule has 0 radical (unpaired) electrons. The van der Waals surface area contributed by atoms with Gasteiger partial charge in [0.1, 0.15) is 11.4 Å². The molecule has 0 spiro atoms. The quantitative estimate of drug-likeness (QED) is 0.443. The van der Waals surface area contributed by atoms with Crippen molar-refractivity contribution in [1.82, 2.24) is 9.97 Å². The van der Waals surface area contributed by atoms with Crippen LogP contribution in [0.3, 0.4) is 0 Å². The monoisotopic (exact) mass is 450 g/mol. The average Bonchev–Trinajstić information content (AvgIpc) is 2.77. The standard InChI is InChI=1S/C25H26N2O4S/c1-17(2)14-25(29)23-9-5-8-22(27-23)24(28)13-11-18-10-12-21(26-16-18)19-6-4-7-20(15-19)32(3,30)31/h4-10,12,15-17H,11,13-14H2,1-3H3. The van der Waals surface area contributed by atoms with Crippen LogP contribution in [0.5, 0.6) is 0 Å². The summed E-state index contributed by atoms with van der Waals surface area (Å²) in [7, 11) is -3.29. The Morgan fingerprint density at radius 1 is 0.938 bits per heavy atom. The lowest BCUT2D eigenvalue weighted by Gasteiger charge is -2.07. The van der Waals surface area contributed by atoms with Gasteiger partial charge in [-0.2, -0.15) is 0 Å². The molecule has 0 amide bonds. The number of hydrogen-bond acceptors (Lipinski definition) is 6. The molecule has 1 aromatic carbocycles. The van der Waals surface area contributed by atoms with Crippen LogP contribution in [0.15, 0.2) is 65.7 Å². The Kier molecular flexibility index (Phi) is 7.30. The smallest absolute Gasteiger partial charge is 0.181 e. The number of nitrogens with zero attached hydrogens (tertiary/aromatic N) is 2. The van der Waals surface area contributed by atoms with Crippen LogP contribution >= 0.6 is 0 Å². The number of pyridine rings is 2. The van der Waals surface area contributed by atoms with Crippen molar-refractivity contribution in [3.05, 3.63) is 77.7 Å². The zero-order chi connectivity index (χ0) is 23.3. The number of aromatic nitrogens is 2. The summed E-state index contributed by atoms with van der Waals surface area (Å²) < 4.78 is 23.5. The normalized spacial score (nSPS) is 11.5.